The van der Waals surface area contributed by atoms with Gasteiger partial charge < -0.3 is 20.3 Å². The molecule has 0 aliphatic carbocycles. The molecule has 1 aliphatic heterocycles. The third-order valence-electron chi connectivity index (χ3n) is 6.04. The van der Waals surface area contributed by atoms with Crippen LogP contribution in [0.4, 0.5) is 16.2 Å². The van der Waals surface area contributed by atoms with Crippen LogP contribution in [0.2, 0.25) is 0 Å². The Balaban J connectivity index is 1.35. The van der Waals surface area contributed by atoms with Crippen molar-refractivity contribution in [3.63, 3.8) is 0 Å². The molecule has 1 saturated heterocycles. The Labute approximate surface area is 193 Å². The molecule has 0 bridgehead atoms. The molecule has 1 fully saturated rings. The SMILES string of the molecule is COc1ccccc1NC(=O)C1CCN(C(=O)Nc2c(C)nn(-c3ccccc3)c2C)CC1. The van der Waals surface area contributed by atoms with E-state index < -0.39 is 0 Å². The van der Waals surface area contributed by atoms with Crippen molar-refractivity contribution in [3.8, 4) is 11.4 Å². The van der Waals surface area contributed by atoms with Gasteiger partial charge in [0.1, 0.15) is 5.75 Å². The number of methoxy groups -OCH3 is 1. The van der Waals surface area contributed by atoms with E-state index in [9.17, 15) is 9.59 Å². The predicted molar refractivity (Wildman–Crippen MR) is 128 cm³/mol. The maximum atomic E-state index is 12.9. The number of urea groups is 1. The number of carbonyl (C=O) groups excluding carboxylic acids is 2. The largest absolute Gasteiger partial charge is 0.495 e. The van der Waals surface area contributed by atoms with Crippen molar-refractivity contribution < 1.29 is 14.3 Å². The first-order chi connectivity index (χ1) is 16.0. The summed E-state index contributed by atoms with van der Waals surface area (Å²) in [5.74, 6) is 0.433. The summed E-state index contributed by atoms with van der Waals surface area (Å²) in [6, 6.07) is 17.0. The number of para-hydroxylation sites is 3. The molecule has 33 heavy (non-hydrogen) atoms. The van der Waals surface area contributed by atoms with Crippen LogP contribution in [0, 0.1) is 19.8 Å². The molecule has 2 aromatic carbocycles. The van der Waals surface area contributed by atoms with Crippen molar-refractivity contribution in [1.29, 1.82) is 0 Å². The van der Waals surface area contributed by atoms with Gasteiger partial charge in [0.25, 0.3) is 0 Å². The van der Waals surface area contributed by atoms with Crippen LogP contribution in [-0.4, -0.2) is 46.8 Å². The van der Waals surface area contributed by atoms with Gasteiger partial charge in [-0.25, -0.2) is 9.48 Å². The number of ether oxygens (including phenoxy) is 1. The third kappa shape index (κ3) is 4.84. The molecular weight excluding hydrogens is 418 g/mol. The number of carbonyl (C=O) groups is 2. The summed E-state index contributed by atoms with van der Waals surface area (Å²) in [5.41, 5.74) is 3.96. The zero-order valence-electron chi connectivity index (χ0n) is 19.2. The van der Waals surface area contributed by atoms with Crippen molar-refractivity contribution >= 4 is 23.3 Å². The molecule has 2 N–H and O–H groups in total. The van der Waals surface area contributed by atoms with Gasteiger partial charge in [0.2, 0.25) is 5.91 Å². The van der Waals surface area contributed by atoms with Crippen LogP contribution in [0.5, 0.6) is 5.75 Å². The Morgan fingerprint density at radius 2 is 1.64 bits per heavy atom. The molecule has 1 aromatic heterocycles. The second kappa shape index (κ2) is 9.77. The predicted octanol–water partition coefficient (Wildman–Crippen LogP) is 4.38. The molecule has 172 valence electrons. The number of aryl methyl sites for hydroxylation is 1. The van der Waals surface area contributed by atoms with E-state index in [4.69, 9.17) is 4.74 Å². The fourth-order valence-electron chi connectivity index (χ4n) is 4.16. The minimum atomic E-state index is -0.169. The van der Waals surface area contributed by atoms with E-state index >= 15 is 0 Å². The molecule has 3 aromatic rings. The summed E-state index contributed by atoms with van der Waals surface area (Å²) in [4.78, 5) is 27.4. The highest BCUT2D eigenvalue weighted by Gasteiger charge is 2.28. The van der Waals surface area contributed by atoms with Crippen LogP contribution in [-0.2, 0) is 4.79 Å². The molecule has 0 radical (unpaired) electrons. The molecule has 0 spiro atoms. The zero-order valence-corrected chi connectivity index (χ0v) is 19.2. The van der Waals surface area contributed by atoms with Gasteiger partial charge in [-0.05, 0) is 51.0 Å². The molecule has 4 rings (SSSR count). The molecular formula is C25H29N5O3. The molecule has 8 heteroatoms. The molecule has 0 saturated carbocycles. The number of hydrogen-bond donors (Lipinski definition) is 2. The van der Waals surface area contributed by atoms with Crippen molar-refractivity contribution in [3.05, 3.63) is 66.0 Å². The Hall–Kier alpha value is -3.81. The Kier molecular flexibility index (Phi) is 6.63. The number of amides is 3. The third-order valence-corrected chi connectivity index (χ3v) is 6.04. The Morgan fingerprint density at radius 3 is 2.33 bits per heavy atom. The van der Waals surface area contributed by atoms with E-state index in [0.29, 0.717) is 37.4 Å². The summed E-state index contributed by atoms with van der Waals surface area (Å²) in [6.45, 7) is 4.86. The molecule has 0 unspecified atom stereocenters. The Bertz CT molecular complexity index is 1130. The first-order valence-corrected chi connectivity index (χ1v) is 11.1. The second-order valence-corrected chi connectivity index (χ2v) is 8.17. The lowest BCUT2D eigenvalue weighted by Crippen LogP contribution is -2.43. The molecule has 0 atom stereocenters. The van der Waals surface area contributed by atoms with Gasteiger partial charge in [0.05, 0.1) is 35.6 Å². The van der Waals surface area contributed by atoms with E-state index in [1.807, 2.05) is 73.1 Å². The number of nitrogens with one attached hydrogen (secondary N) is 2. The highest BCUT2D eigenvalue weighted by Crippen LogP contribution is 2.27. The van der Waals surface area contributed by atoms with Gasteiger partial charge in [-0.3, -0.25) is 4.79 Å². The number of aromatic nitrogens is 2. The fourth-order valence-corrected chi connectivity index (χ4v) is 4.16. The van der Waals surface area contributed by atoms with Gasteiger partial charge in [-0.15, -0.1) is 0 Å². The van der Waals surface area contributed by atoms with Crippen LogP contribution < -0.4 is 15.4 Å². The Morgan fingerprint density at radius 1 is 0.970 bits per heavy atom. The summed E-state index contributed by atoms with van der Waals surface area (Å²) in [7, 11) is 1.58. The number of piperidine rings is 1. The topological polar surface area (TPSA) is 88.5 Å². The fraction of sp³-hybridized carbons (Fsp3) is 0.320. The lowest BCUT2D eigenvalue weighted by atomic mass is 9.96. The summed E-state index contributed by atoms with van der Waals surface area (Å²) >= 11 is 0. The molecule has 8 nitrogen and oxygen atoms in total. The lowest BCUT2D eigenvalue weighted by molar-refractivity contribution is -0.121. The second-order valence-electron chi connectivity index (χ2n) is 8.17. The number of likely N-dealkylation sites (tertiary alicyclic amines) is 1. The average Bonchev–Trinajstić information content (AvgIpc) is 3.13. The van der Waals surface area contributed by atoms with Crippen LogP contribution >= 0.6 is 0 Å². The smallest absolute Gasteiger partial charge is 0.321 e. The number of rotatable bonds is 5. The zero-order chi connectivity index (χ0) is 23.4. The highest BCUT2D eigenvalue weighted by molar-refractivity contribution is 5.94. The first kappa shape index (κ1) is 22.4. The van der Waals surface area contributed by atoms with Crippen molar-refractivity contribution in [1.82, 2.24) is 14.7 Å². The van der Waals surface area contributed by atoms with E-state index in [0.717, 1.165) is 22.8 Å². The minimum absolute atomic E-state index is 0.0459. The highest BCUT2D eigenvalue weighted by atomic mass is 16.5. The summed E-state index contributed by atoms with van der Waals surface area (Å²) in [5, 5.41) is 10.6. The quantitative estimate of drug-likeness (QED) is 0.608. The number of anilines is 2. The maximum absolute atomic E-state index is 12.9. The van der Waals surface area contributed by atoms with Gasteiger partial charge in [-0.2, -0.15) is 5.10 Å². The monoisotopic (exact) mass is 447 g/mol. The van der Waals surface area contributed by atoms with Crippen molar-refractivity contribution in [2.24, 2.45) is 5.92 Å². The van der Waals surface area contributed by atoms with E-state index in [-0.39, 0.29) is 17.9 Å². The molecule has 2 heterocycles. The van der Waals surface area contributed by atoms with Crippen LogP contribution in [0.25, 0.3) is 5.69 Å². The molecule has 1 aliphatic rings. The first-order valence-electron chi connectivity index (χ1n) is 11.1. The number of nitrogens with zero attached hydrogens (tertiary/aromatic N) is 3. The van der Waals surface area contributed by atoms with Gasteiger partial charge in [0.15, 0.2) is 0 Å². The van der Waals surface area contributed by atoms with Gasteiger partial charge in [0, 0.05) is 19.0 Å². The molecule has 3 amide bonds. The van der Waals surface area contributed by atoms with E-state index in [2.05, 4.69) is 15.7 Å². The van der Waals surface area contributed by atoms with Gasteiger partial charge >= 0.3 is 6.03 Å². The van der Waals surface area contributed by atoms with Crippen LogP contribution in [0.1, 0.15) is 24.2 Å². The number of benzene rings is 2. The lowest BCUT2D eigenvalue weighted by Gasteiger charge is -2.31. The van der Waals surface area contributed by atoms with Crippen LogP contribution in [0.15, 0.2) is 54.6 Å². The van der Waals surface area contributed by atoms with E-state index in [1.165, 1.54) is 0 Å². The summed E-state index contributed by atoms with van der Waals surface area (Å²) in [6.07, 6.45) is 1.21. The summed E-state index contributed by atoms with van der Waals surface area (Å²) < 4.78 is 7.14. The van der Waals surface area contributed by atoms with Crippen LogP contribution in [0.3, 0.4) is 0 Å². The van der Waals surface area contributed by atoms with Crippen molar-refractivity contribution in [2.45, 2.75) is 26.7 Å². The van der Waals surface area contributed by atoms with Crippen molar-refractivity contribution in [2.75, 3.05) is 30.8 Å². The van der Waals surface area contributed by atoms with E-state index in [1.54, 1.807) is 12.0 Å². The normalized spacial score (nSPS) is 14.1. The average molecular weight is 448 g/mol. The van der Waals surface area contributed by atoms with Gasteiger partial charge in [-0.1, -0.05) is 30.3 Å². The standard InChI is InChI=1S/C25H29N5O3/c1-17-23(18(2)30(28-17)20-9-5-4-6-10-20)27-25(32)29-15-13-19(14-16-29)24(31)26-21-11-7-8-12-22(21)33-3/h4-12,19H,13-16H2,1-3H3,(H,26,31)(H,27,32). The maximum Gasteiger partial charge on any atom is 0.321 e. The number of hydrogen-bond acceptors (Lipinski definition) is 4. The minimum Gasteiger partial charge on any atom is -0.495 e.